The highest BCUT2D eigenvalue weighted by Crippen LogP contribution is 2.18. The predicted molar refractivity (Wildman–Crippen MR) is 90.4 cm³/mol. The molecule has 25 heavy (non-hydrogen) atoms. The molecule has 128 valence electrons. The number of amides is 1. The maximum absolute atomic E-state index is 13.5. The van der Waals surface area contributed by atoms with E-state index in [1.54, 1.807) is 29.6 Å². The van der Waals surface area contributed by atoms with Crippen molar-refractivity contribution in [1.29, 1.82) is 0 Å². The molecular weight excluding hydrogens is 346 g/mol. The molecule has 1 N–H and O–H groups in total. The number of carbonyl (C=O) groups excluding carboxylic acids is 1. The number of carbonyl (C=O) groups is 1. The van der Waals surface area contributed by atoms with Crippen LogP contribution in [0.3, 0.4) is 0 Å². The summed E-state index contributed by atoms with van der Waals surface area (Å²) in [5.74, 6) is -0.969. The second-order valence-corrected chi connectivity index (χ2v) is 6.10. The third-order valence-corrected chi connectivity index (χ3v) is 4.16. The maximum atomic E-state index is 13.5. The van der Waals surface area contributed by atoms with Crippen molar-refractivity contribution in [2.45, 2.75) is 13.2 Å². The molecule has 2 aromatic carbocycles. The number of nitrogens with zero attached hydrogens (tertiary/aromatic N) is 1. The van der Waals surface area contributed by atoms with Crippen molar-refractivity contribution in [2.24, 2.45) is 0 Å². The minimum Gasteiger partial charge on any atom is -0.483 e. The number of halogens is 2. The molecule has 0 aliphatic heterocycles. The van der Waals surface area contributed by atoms with Gasteiger partial charge in [0.05, 0.1) is 0 Å². The van der Waals surface area contributed by atoms with E-state index in [1.807, 2.05) is 0 Å². The minimum absolute atomic E-state index is 0.0802. The van der Waals surface area contributed by atoms with Gasteiger partial charge in [-0.05, 0) is 29.8 Å². The Morgan fingerprint density at radius 1 is 1.12 bits per heavy atom. The Morgan fingerprint density at radius 3 is 2.64 bits per heavy atom. The van der Waals surface area contributed by atoms with Gasteiger partial charge in [0.15, 0.2) is 11.6 Å². The van der Waals surface area contributed by atoms with Crippen LogP contribution in [0.2, 0.25) is 0 Å². The Morgan fingerprint density at radius 2 is 1.88 bits per heavy atom. The first-order valence-electron chi connectivity index (χ1n) is 7.46. The molecule has 0 aliphatic rings. The molecular formula is C18H14F2N2O2S. The normalized spacial score (nSPS) is 10.5. The van der Waals surface area contributed by atoms with E-state index in [1.165, 1.54) is 35.6 Å². The lowest BCUT2D eigenvalue weighted by atomic mass is 10.2. The first-order valence-corrected chi connectivity index (χ1v) is 8.34. The largest absolute Gasteiger partial charge is 0.483 e. The van der Waals surface area contributed by atoms with Gasteiger partial charge in [-0.3, -0.25) is 4.79 Å². The van der Waals surface area contributed by atoms with Crippen LogP contribution in [0.15, 0.2) is 53.9 Å². The summed E-state index contributed by atoms with van der Waals surface area (Å²) in [6.45, 7) is 0.356. The molecule has 0 radical (unpaired) electrons. The number of rotatable bonds is 6. The average molecular weight is 360 g/mol. The van der Waals surface area contributed by atoms with Crippen LogP contribution >= 0.6 is 11.3 Å². The molecule has 0 bridgehead atoms. The summed E-state index contributed by atoms with van der Waals surface area (Å²) in [4.78, 5) is 16.3. The molecule has 7 heteroatoms. The van der Waals surface area contributed by atoms with E-state index in [-0.39, 0.29) is 36.3 Å². The highest BCUT2D eigenvalue weighted by Gasteiger charge is 2.11. The topological polar surface area (TPSA) is 51.2 Å². The fourth-order valence-corrected chi connectivity index (χ4v) is 2.74. The quantitative estimate of drug-likeness (QED) is 0.725. The predicted octanol–water partition coefficient (Wildman–Crippen LogP) is 3.93. The van der Waals surface area contributed by atoms with Crippen LogP contribution < -0.4 is 10.1 Å². The van der Waals surface area contributed by atoms with Crippen molar-refractivity contribution >= 4 is 17.2 Å². The van der Waals surface area contributed by atoms with Crippen LogP contribution in [-0.2, 0) is 13.2 Å². The van der Waals surface area contributed by atoms with Crippen LogP contribution in [0, 0.1) is 11.6 Å². The lowest BCUT2D eigenvalue weighted by Gasteiger charge is -2.04. The molecule has 3 rings (SSSR count). The zero-order chi connectivity index (χ0) is 17.6. The van der Waals surface area contributed by atoms with Gasteiger partial charge in [-0.25, -0.2) is 13.8 Å². The van der Waals surface area contributed by atoms with Gasteiger partial charge in [-0.1, -0.05) is 24.3 Å². The fourth-order valence-electron chi connectivity index (χ4n) is 2.06. The zero-order valence-electron chi connectivity index (χ0n) is 13.0. The second-order valence-electron chi connectivity index (χ2n) is 5.15. The molecule has 4 nitrogen and oxygen atoms in total. The van der Waals surface area contributed by atoms with Crippen LogP contribution in [0.4, 0.5) is 8.78 Å². The fraction of sp³-hybridized carbons (Fsp3) is 0.111. The first kappa shape index (κ1) is 17.0. The van der Waals surface area contributed by atoms with Crippen LogP contribution in [0.1, 0.15) is 21.1 Å². The lowest BCUT2D eigenvalue weighted by molar-refractivity contribution is 0.0946. The van der Waals surface area contributed by atoms with Crippen molar-refractivity contribution in [3.05, 3.63) is 81.8 Å². The summed E-state index contributed by atoms with van der Waals surface area (Å²) < 4.78 is 31.7. The van der Waals surface area contributed by atoms with Gasteiger partial charge in [0.1, 0.15) is 23.1 Å². The third kappa shape index (κ3) is 4.60. The van der Waals surface area contributed by atoms with Crippen LogP contribution in [0.5, 0.6) is 5.75 Å². The number of ether oxygens (including phenoxy) is 1. The summed E-state index contributed by atoms with van der Waals surface area (Å²) in [5.41, 5.74) is 1.05. The minimum atomic E-state index is -0.448. The Balaban J connectivity index is 1.54. The molecule has 1 amide bonds. The number of aromatic nitrogens is 1. The van der Waals surface area contributed by atoms with Crippen LogP contribution in [0.25, 0.3) is 0 Å². The molecule has 0 atom stereocenters. The number of hydrogen-bond acceptors (Lipinski definition) is 4. The number of para-hydroxylation sites is 1. The van der Waals surface area contributed by atoms with E-state index in [0.29, 0.717) is 5.01 Å². The molecule has 0 saturated heterocycles. The SMILES string of the molecule is O=C(NCc1ccc(F)cc1)c1csc(COc2ccccc2F)n1. The van der Waals surface area contributed by atoms with Crippen molar-refractivity contribution in [1.82, 2.24) is 10.3 Å². The molecule has 0 unspecified atom stereocenters. The molecule has 0 spiro atoms. The first-order chi connectivity index (χ1) is 12.1. The second kappa shape index (κ2) is 7.85. The Labute approximate surface area is 147 Å². The summed E-state index contributed by atoms with van der Waals surface area (Å²) in [6.07, 6.45) is 0. The van der Waals surface area contributed by atoms with Gasteiger partial charge >= 0.3 is 0 Å². The highest BCUT2D eigenvalue weighted by atomic mass is 32.1. The number of hydrogen-bond donors (Lipinski definition) is 1. The number of benzene rings is 2. The molecule has 0 saturated carbocycles. The summed E-state index contributed by atoms with van der Waals surface area (Å²) in [7, 11) is 0. The van der Waals surface area contributed by atoms with Gasteiger partial charge in [0, 0.05) is 11.9 Å². The van der Waals surface area contributed by atoms with E-state index in [0.717, 1.165) is 5.56 Å². The Hall–Kier alpha value is -2.80. The van der Waals surface area contributed by atoms with Crippen molar-refractivity contribution in [3.8, 4) is 5.75 Å². The highest BCUT2D eigenvalue weighted by molar-refractivity contribution is 7.09. The van der Waals surface area contributed by atoms with E-state index < -0.39 is 5.82 Å². The van der Waals surface area contributed by atoms with Gasteiger partial charge in [0.2, 0.25) is 0 Å². The molecule has 3 aromatic rings. The van der Waals surface area contributed by atoms with Gasteiger partial charge in [0.25, 0.3) is 5.91 Å². The van der Waals surface area contributed by atoms with E-state index in [9.17, 15) is 13.6 Å². The van der Waals surface area contributed by atoms with Gasteiger partial charge < -0.3 is 10.1 Å². The van der Waals surface area contributed by atoms with Crippen molar-refractivity contribution < 1.29 is 18.3 Å². The standard InChI is InChI=1S/C18H14F2N2O2S/c19-13-7-5-12(6-8-13)9-21-18(23)15-11-25-17(22-15)10-24-16-4-2-1-3-14(16)20/h1-8,11H,9-10H2,(H,21,23). The summed E-state index contributed by atoms with van der Waals surface area (Å²) >= 11 is 1.26. The van der Waals surface area contributed by atoms with Crippen molar-refractivity contribution in [2.75, 3.05) is 0 Å². The molecule has 1 aromatic heterocycles. The molecule has 1 heterocycles. The zero-order valence-corrected chi connectivity index (χ0v) is 13.9. The van der Waals surface area contributed by atoms with Gasteiger partial charge in [-0.15, -0.1) is 11.3 Å². The third-order valence-electron chi connectivity index (χ3n) is 3.34. The smallest absolute Gasteiger partial charge is 0.271 e. The number of thiazole rings is 1. The van der Waals surface area contributed by atoms with Crippen LogP contribution in [-0.4, -0.2) is 10.9 Å². The Kier molecular flexibility index (Phi) is 5.35. The number of nitrogens with one attached hydrogen (secondary N) is 1. The monoisotopic (exact) mass is 360 g/mol. The summed E-state index contributed by atoms with van der Waals surface area (Å²) in [6, 6.07) is 12.0. The van der Waals surface area contributed by atoms with E-state index in [4.69, 9.17) is 4.74 Å². The maximum Gasteiger partial charge on any atom is 0.271 e. The van der Waals surface area contributed by atoms with E-state index in [2.05, 4.69) is 10.3 Å². The van der Waals surface area contributed by atoms with Gasteiger partial charge in [-0.2, -0.15) is 0 Å². The molecule has 0 aliphatic carbocycles. The Bertz CT molecular complexity index is 866. The van der Waals surface area contributed by atoms with Crippen molar-refractivity contribution in [3.63, 3.8) is 0 Å². The summed E-state index contributed by atoms with van der Waals surface area (Å²) in [5, 5.41) is 4.89. The van der Waals surface area contributed by atoms with E-state index >= 15 is 0 Å². The lowest BCUT2D eigenvalue weighted by Crippen LogP contribution is -2.23. The average Bonchev–Trinajstić information content (AvgIpc) is 3.09. The molecule has 0 fully saturated rings.